The lowest BCUT2D eigenvalue weighted by atomic mass is 10.1. The third-order valence-corrected chi connectivity index (χ3v) is 5.24. The van der Waals surface area contributed by atoms with Crippen LogP contribution in [0.3, 0.4) is 0 Å². The maximum absolute atomic E-state index is 5.29. The van der Waals surface area contributed by atoms with Gasteiger partial charge >= 0.3 is 0 Å². The Morgan fingerprint density at radius 3 is 2.72 bits per heavy atom. The van der Waals surface area contributed by atoms with Gasteiger partial charge in [0.15, 0.2) is 11.5 Å². The number of hydrogen-bond acceptors (Lipinski definition) is 7. The molecule has 0 atom stereocenters. The van der Waals surface area contributed by atoms with Crippen LogP contribution < -0.4 is 4.74 Å². The summed E-state index contributed by atoms with van der Waals surface area (Å²) in [6.07, 6.45) is 10.6. The van der Waals surface area contributed by atoms with Crippen LogP contribution in [0.15, 0.2) is 55.5 Å². The van der Waals surface area contributed by atoms with Crippen molar-refractivity contribution in [1.29, 1.82) is 0 Å². The van der Waals surface area contributed by atoms with Crippen LogP contribution in [-0.2, 0) is 0 Å². The van der Waals surface area contributed by atoms with Crippen LogP contribution in [0.5, 0.6) is 5.75 Å². The molecule has 0 radical (unpaired) electrons. The fourth-order valence-corrected chi connectivity index (χ4v) is 3.67. The molecule has 10 nitrogen and oxygen atoms in total. The third-order valence-electron chi connectivity index (χ3n) is 5.24. The zero-order valence-electron chi connectivity index (χ0n) is 17.2. The van der Waals surface area contributed by atoms with Crippen LogP contribution in [-0.4, -0.2) is 51.8 Å². The van der Waals surface area contributed by atoms with Gasteiger partial charge in [0, 0.05) is 18.0 Å². The monoisotopic (exact) mass is 423 g/mol. The van der Waals surface area contributed by atoms with Gasteiger partial charge in [-0.3, -0.25) is 15.1 Å². The van der Waals surface area contributed by atoms with Crippen LogP contribution in [0.25, 0.3) is 50.5 Å². The van der Waals surface area contributed by atoms with E-state index in [1.807, 2.05) is 35.9 Å². The number of aryl methyl sites for hydroxylation is 1. The maximum Gasteiger partial charge on any atom is 0.161 e. The van der Waals surface area contributed by atoms with E-state index >= 15 is 0 Å². The molecule has 0 bridgehead atoms. The Bertz CT molecular complexity index is 1590. The number of ether oxygens (including phenoxy) is 1. The summed E-state index contributed by atoms with van der Waals surface area (Å²) in [6.45, 7) is 1.94. The summed E-state index contributed by atoms with van der Waals surface area (Å²) in [5, 5.41) is 7.51. The van der Waals surface area contributed by atoms with Gasteiger partial charge in [-0.05, 0) is 25.1 Å². The number of aromatic amines is 2. The van der Waals surface area contributed by atoms with E-state index < -0.39 is 0 Å². The van der Waals surface area contributed by atoms with Crippen LogP contribution in [0.1, 0.15) is 5.69 Å². The molecule has 0 aliphatic carbocycles. The van der Waals surface area contributed by atoms with Crippen molar-refractivity contribution in [3.63, 3.8) is 0 Å². The number of methoxy groups -OCH3 is 1. The van der Waals surface area contributed by atoms with Gasteiger partial charge in [-0.2, -0.15) is 5.10 Å². The third kappa shape index (κ3) is 2.88. The number of H-pyrrole nitrogens is 2. The topological polar surface area (TPSA) is 123 Å². The SMILES string of the molecule is COc1cncc(-c2ccc3[nH]nc(-c4nc5c(-n6cnc(C)c6)cncc5[nH]4)c3n2)c1. The van der Waals surface area contributed by atoms with Gasteiger partial charge in [-0.1, -0.05) is 0 Å². The summed E-state index contributed by atoms with van der Waals surface area (Å²) in [5.41, 5.74) is 7.08. The van der Waals surface area contributed by atoms with E-state index in [9.17, 15) is 0 Å². The molecule has 0 fully saturated rings. The highest BCUT2D eigenvalue weighted by molar-refractivity contribution is 5.92. The Balaban J connectivity index is 1.49. The Hall–Kier alpha value is -4.60. The lowest BCUT2D eigenvalue weighted by Crippen LogP contribution is -1.92. The van der Waals surface area contributed by atoms with E-state index in [0.717, 1.165) is 39.2 Å². The smallest absolute Gasteiger partial charge is 0.161 e. The first-order chi connectivity index (χ1) is 15.7. The van der Waals surface area contributed by atoms with Crippen molar-refractivity contribution in [3.05, 3.63) is 61.2 Å². The van der Waals surface area contributed by atoms with E-state index in [-0.39, 0.29) is 0 Å². The fraction of sp³-hybridized carbons (Fsp3) is 0.0909. The molecule has 6 heterocycles. The number of fused-ring (bicyclic) bond motifs is 2. The molecule has 0 amide bonds. The van der Waals surface area contributed by atoms with Crippen molar-refractivity contribution < 1.29 is 4.74 Å². The predicted molar refractivity (Wildman–Crippen MR) is 118 cm³/mol. The second-order valence-corrected chi connectivity index (χ2v) is 7.34. The van der Waals surface area contributed by atoms with E-state index in [4.69, 9.17) is 14.7 Å². The number of imidazole rings is 2. The molecule has 6 aromatic heterocycles. The summed E-state index contributed by atoms with van der Waals surface area (Å²) in [5.74, 6) is 1.27. The minimum Gasteiger partial charge on any atom is -0.495 e. The molecule has 6 aromatic rings. The van der Waals surface area contributed by atoms with Gasteiger partial charge in [0.25, 0.3) is 0 Å². The summed E-state index contributed by atoms with van der Waals surface area (Å²) in [4.78, 5) is 25.9. The number of pyridine rings is 3. The van der Waals surface area contributed by atoms with Crippen LogP contribution in [0.4, 0.5) is 0 Å². The molecular weight excluding hydrogens is 406 g/mol. The van der Waals surface area contributed by atoms with E-state index in [1.165, 1.54) is 0 Å². The second kappa shape index (κ2) is 6.98. The number of nitrogens with zero attached hydrogens (tertiary/aromatic N) is 7. The highest BCUT2D eigenvalue weighted by Gasteiger charge is 2.17. The fourth-order valence-electron chi connectivity index (χ4n) is 3.67. The average Bonchev–Trinajstić information content (AvgIpc) is 3.55. The largest absolute Gasteiger partial charge is 0.495 e. The molecular formula is C22H17N9O. The first kappa shape index (κ1) is 18.2. The normalized spacial score (nSPS) is 11.4. The van der Waals surface area contributed by atoms with Crippen molar-refractivity contribution in [2.45, 2.75) is 6.92 Å². The van der Waals surface area contributed by atoms with Gasteiger partial charge in [-0.15, -0.1) is 0 Å². The Kier molecular flexibility index (Phi) is 3.97. The molecule has 0 aliphatic heterocycles. The van der Waals surface area contributed by atoms with Gasteiger partial charge in [0.2, 0.25) is 0 Å². The molecule has 6 rings (SSSR count). The molecule has 2 N–H and O–H groups in total. The van der Waals surface area contributed by atoms with Crippen molar-refractivity contribution in [2.24, 2.45) is 0 Å². The first-order valence-corrected chi connectivity index (χ1v) is 9.89. The Morgan fingerprint density at radius 1 is 0.969 bits per heavy atom. The maximum atomic E-state index is 5.29. The lowest BCUT2D eigenvalue weighted by Gasteiger charge is -2.03. The minimum atomic E-state index is 0.603. The van der Waals surface area contributed by atoms with Gasteiger partial charge in [0.05, 0.1) is 60.1 Å². The molecule has 10 heteroatoms. The van der Waals surface area contributed by atoms with E-state index in [0.29, 0.717) is 22.8 Å². The Morgan fingerprint density at radius 2 is 1.88 bits per heavy atom. The van der Waals surface area contributed by atoms with Crippen LogP contribution in [0, 0.1) is 6.92 Å². The standard InChI is InChI=1S/C22H17N9O/c1-12-10-31(11-25-12)18-9-24-8-17-19(18)28-22(27-17)21-20-16(29-30-21)4-3-15(26-20)13-5-14(32-2)7-23-6-13/h3-11H,1-2H3,(H,27,28)(H,29,30). The van der Waals surface area contributed by atoms with E-state index in [2.05, 4.69) is 30.1 Å². The highest BCUT2D eigenvalue weighted by Crippen LogP contribution is 2.29. The zero-order chi connectivity index (χ0) is 21.7. The summed E-state index contributed by atoms with van der Waals surface area (Å²) >= 11 is 0. The second-order valence-electron chi connectivity index (χ2n) is 7.34. The predicted octanol–water partition coefficient (Wildman–Crippen LogP) is 3.46. The summed E-state index contributed by atoms with van der Waals surface area (Å²) in [6, 6.07) is 5.76. The minimum absolute atomic E-state index is 0.603. The average molecular weight is 423 g/mol. The number of rotatable bonds is 4. The Labute approximate surface area is 181 Å². The van der Waals surface area contributed by atoms with Crippen LogP contribution >= 0.6 is 0 Å². The molecule has 0 spiro atoms. The number of aromatic nitrogens is 9. The molecule has 0 aromatic carbocycles. The molecule has 32 heavy (non-hydrogen) atoms. The van der Waals surface area contributed by atoms with Gasteiger partial charge in [0.1, 0.15) is 16.8 Å². The van der Waals surface area contributed by atoms with Gasteiger partial charge < -0.3 is 14.3 Å². The van der Waals surface area contributed by atoms with Crippen molar-refractivity contribution in [2.75, 3.05) is 7.11 Å². The van der Waals surface area contributed by atoms with Crippen molar-refractivity contribution >= 4 is 22.1 Å². The summed E-state index contributed by atoms with van der Waals surface area (Å²) < 4.78 is 7.20. The van der Waals surface area contributed by atoms with Gasteiger partial charge in [-0.25, -0.2) is 15.0 Å². The van der Waals surface area contributed by atoms with Crippen LogP contribution in [0.2, 0.25) is 0 Å². The summed E-state index contributed by atoms with van der Waals surface area (Å²) in [7, 11) is 1.61. The van der Waals surface area contributed by atoms with Crippen molar-refractivity contribution in [3.8, 4) is 34.2 Å². The first-order valence-electron chi connectivity index (χ1n) is 9.89. The van der Waals surface area contributed by atoms with E-state index in [1.54, 1.807) is 38.2 Å². The molecule has 0 saturated carbocycles. The molecule has 0 aliphatic rings. The molecule has 156 valence electrons. The quantitative estimate of drug-likeness (QED) is 0.445. The zero-order valence-corrected chi connectivity index (χ0v) is 17.2. The number of hydrogen-bond donors (Lipinski definition) is 2. The number of nitrogens with one attached hydrogen (secondary N) is 2. The highest BCUT2D eigenvalue weighted by atomic mass is 16.5. The van der Waals surface area contributed by atoms with Crippen molar-refractivity contribution in [1.82, 2.24) is 44.7 Å². The lowest BCUT2D eigenvalue weighted by molar-refractivity contribution is 0.413. The molecule has 0 unspecified atom stereocenters. The molecule has 0 saturated heterocycles.